The van der Waals surface area contributed by atoms with Crippen molar-refractivity contribution in [3.05, 3.63) is 40.5 Å². The van der Waals surface area contributed by atoms with E-state index < -0.39 is 16.0 Å². The lowest BCUT2D eigenvalue weighted by Gasteiger charge is -2.11. The molecule has 110 valence electrons. The topological polar surface area (TPSA) is 83.5 Å². The number of rotatable bonds is 5. The van der Waals surface area contributed by atoms with Crippen LogP contribution in [0.4, 0.5) is 0 Å². The van der Waals surface area contributed by atoms with Gasteiger partial charge in [0.15, 0.2) is 0 Å². The highest BCUT2D eigenvalue weighted by Gasteiger charge is 2.19. The van der Waals surface area contributed by atoms with Crippen LogP contribution >= 0.6 is 0 Å². The van der Waals surface area contributed by atoms with Crippen molar-refractivity contribution < 1.29 is 18.3 Å². The summed E-state index contributed by atoms with van der Waals surface area (Å²) in [6.07, 6.45) is 1.75. The average Bonchev–Trinajstić information content (AvgIpc) is 2.31. The van der Waals surface area contributed by atoms with Crippen LogP contribution in [0.3, 0.4) is 0 Å². The van der Waals surface area contributed by atoms with E-state index in [0.29, 0.717) is 11.1 Å². The summed E-state index contributed by atoms with van der Waals surface area (Å²) >= 11 is 0. The maximum atomic E-state index is 12.2. The number of carbonyl (C=O) groups is 1. The van der Waals surface area contributed by atoms with Crippen molar-refractivity contribution in [3.8, 4) is 0 Å². The van der Waals surface area contributed by atoms with E-state index >= 15 is 0 Å². The normalized spacial score (nSPS) is 11.2. The molecule has 0 aliphatic rings. The summed E-state index contributed by atoms with van der Waals surface area (Å²) in [6, 6.07) is 2.66. The Morgan fingerprint density at radius 1 is 1.30 bits per heavy atom. The minimum Gasteiger partial charge on any atom is -0.478 e. The van der Waals surface area contributed by atoms with Crippen molar-refractivity contribution >= 4 is 16.0 Å². The first-order chi connectivity index (χ1) is 9.15. The van der Waals surface area contributed by atoms with E-state index in [1.165, 1.54) is 12.1 Å². The predicted octanol–water partition coefficient (Wildman–Crippen LogP) is 2.25. The molecule has 0 spiro atoms. The molecule has 0 heterocycles. The van der Waals surface area contributed by atoms with Gasteiger partial charge in [-0.2, -0.15) is 0 Å². The fourth-order valence-corrected chi connectivity index (χ4v) is 2.97. The average molecular weight is 297 g/mol. The number of sulfonamides is 1. The quantitative estimate of drug-likeness (QED) is 0.816. The number of aryl methyl sites for hydroxylation is 1. The second-order valence-corrected chi connectivity index (χ2v) is 6.59. The van der Waals surface area contributed by atoms with E-state index in [1.54, 1.807) is 19.9 Å². The van der Waals surface area contributed by atoms with E-state index in [9.17, 15) is 13.2 Å². The molecule has 0 atom stereocenters. The van der Waals surface area contributed by atoms with Crippen molar-refractivity contribution in [1.82, 2.24) is 4.72 Å². The van der Waals surface area contributed by atoms with Crippen LogP contribution in [0.5, 0.6) is 0 Å². The van der Waals surface area contributed by atoms with Gasteiger partial charge in [-0.15, -0.1) is 0 Å². The van der Waals surface area contributed by atoms with Gasteiger partial charge in [0.05, 0.1) is 10.5 Å². The van der Waals surface area contributed by atoms with E-state index in [4.69, 9.17) is 5.11 Å². The molecule has 0 saturated carbocycles. The van der Waals surface area contributed by atoms with Gasteiger partial charge in [-0.05, 0) is 51.0 Å². The van der Waals surface area contributed by atoms with Gasteiger partial charge in [0.25, 0.3) is 0 Å². The smallest absolute Gasteiger partial charge is 0.335 e. The van der Waals surface area contributed by atoms with Crippen LogP contribution in [-0.4, -0.2) is 26.0 Å². The fraction of sp³-hybridized carbons (Fsp3) is 0.357. The first-order valence-electron chi connectivity index (χ1n) is 6.12. The van der Waals surface area contributed by atoms with Crippen molar-refractivity contribution in [2.45, 2.75) is 32.6 Å². The van der Waals surface area contributed by atoms with E-state index in [2.05, 4.69) is 4.72 Å². The highest BCUT2D eigenvalue weighted by molar-refractivity contribution is 7.89. The molecule has 0 radical (unpaired) electrons. The fourth-order valence-electron chi connectivity index (χ4n) is 1.66. The molecule has 0 saturated heterocycles. The maximum Gasteiger partial charge on any atom is 0.335 e. The van der Waals surface area contributed by atoms with Crippen LogP contribution in [0.1, 0.15) is 35.3 Å². The van der Waals surface area contributed by atoms with Crippen LogP contribution in [0.15, 0.2) is 28.7 Å². The molecule has 0 amide bonds. The van der Waals surface area contributed by atoms with Gasteiger partial charge in [-0.3, -0.25) is 0 Å². The number of carboxylic acid groups (broad SMARTS) is 1. The zero-order valence-corrected chi connectivity index (χ0v) is 12.8. The molecule has 6 heteroatoms. The standard InChI is InChI=1S/C14H19NO4S/c1-9(2)5-6-15-20(18,19)13-8-12(14(16)17)7-10(3)11(13)4/h5,7-8,15H,6H2,1-4H3,(H,16,17). The van der Waals surface area contributed by atoms with Gasteiger partial charge in [0, 0.05) is 6.54 Å². The lowest BCUT2D eigenvalue weighted by atomic mass is 10.1. The lowest BCUT2D eigenvalue weighted by molar-refractivity contribution is 0.0696. The third-order valence-corrected chi connectivity index (χ3v) is 4.49. The summed E-state index contributed by atoms with van der Waals surface area (Å²) in [5, 5.41) is 9.01. The largest absolute Gasteiger partial charge is 0.478 e. The number of hydrogen-bond donors (Lipinski definition) is 2. The van der Waals surface area contributed by atoms with Crippen LogP contribution in [0.2, 0.25) is 0 Å². The molecule has 0 unspecified atom stereocenters. The van der Waals surface area contributed by atoms with E-state index in [0.717, 1.165) is 5.57 Å². The second-order valence-electron chi connectivity index (χ2n) is 4.85. The summed E-state index contributed by atoms with van der Waals surface area (Å²) in [4.78, 5) is 11.0. The Balaban J connectivity index is 3.24. The molecule has 5 nitrogen and oxygen atoms in total. The van der Waals surface area contributed by atoms with Crippen LogP contribution in [-0.2, 0) is 10.0 Å². The second kappa shape index (κ2) is 6.19. The molecule has 1 aromatic carbocycles. The van der Waals surface area contributed by atoms with Gasteiger partial charge in [0.2, 0.25) is 10.0 Å². The van der Waals surface area contributed by atoms with Crippen molar-refractivity contribution in [1.29, 1.82) is 0 Å². The van der Waals surface area contributed by atoms with E-state index in [1.807, 2.05) is 13.8 Å². The van der Waals surface area contributed by atoms with Crippen molar-refractivity contribution in [2.75, 3.05) is 6.54 Å². The minimum atomic E-state index is -3.72. The van der Waals surface area contributed by atoms with Gasteiger partial charge in [-0.25, -0.2) is 17.9 Å². The zero-order chi connectivity index (χ0) is 15.5. The molecule has 0 fully saturated rings. The Morgan fingerprint density at radius 3 is 2.40 bits per heavy atom. The van der Waals surface area contributed by atoms with Gasteiger partial charge in [0.1, 0.15) is 0 Å². The van der Waals surface area contributed by atoms with Gasteiger partial charge >= 0.3 is 5.97 Å². The number of hydrogen-bond acceptors (Lipinski definition) is 3. The van der Waals surface area contributed by atoms with Crippen LogP contribution in [0.25, 0.3) is 0 Å². The minimum absolute atomic E-state index is 0.0112. The molecule has 20 heavy (non-hydrogen) atoms. The Labute approximate surface area is 119 Å². The number of carboxylic acids is 1. The highest BCUT2D eigenvalue weighted by atomic mass is 32.2. The maximum absolute atomic E-state index is 12.2. The molecule has 0 aromatic heterocycles. The third-order valence-electron chi connectivity index (χ3n) is 2.94. The number of nitrogens with one attached hydrogen (secondary N) is 1. The molecule has 0 aliphatic heterocycles. The first-order valence-corrected chi connectivity index (χ1v) is 7.61. The predicted molar refractivity (Wildman–Crippen MR) is 77.5 cm³/mol. The number of aromatic carboxylic acids is 1. The van der Waals surface area contributed by atoms with Crippen LogP contribution < -0.4 is 4.72 Å². The molecular formula is C14H19NO4S. The summed E-state index contributed by atoms with van der Waals surface area (Å²) in [5.74, 6) is -1.14. The Bertz CT molecular complexity index is 656. The van der Waals surface area contributed by atoms with E-state index in [-0.39, 0.29) is 17.0 Å². The molecule has 1 rings (SSSR count). The number of allylic oxidation sites excluding steroid dienone is 1. The summed E-state index contributed by atoms with van der Waals surface area (Å²) in [5.41, 5.74) is 2.16. The number of benzene rings is 1. The Morgan fingerprint density at radius 2 is 1.90 bits per heavy atom. The molecule has 2 N–H and O–H groups in total. The Hall–Kier alpha value is -1.66. The van der Waals surface area contributed by atoms with Gasteiger partial charge in [-0.1, -0.05) is 11.6 Å². The third kappa shape index (κ3) is 3.91. The molecule has 0 bridgehead atoms. The monoisotopic (exact) mass is 297 g/mol. The molecular weight excluding hydrogens is 278 g/mol. The zero-order valence-electron chi connectivity index (χ0n) is 12.0. The first kappa shape index (κ1) is 16.4. The summed E-state index contributed by atoms with van der Waals surface area (Å²) in [6.45, 7) is 7.28. The molecule has 0 aliphatic carbocycles. The van der Waals surface area contributed by atoms with Crippen molar-refractivity contribution in [2.24, 2.45) is 0 Å². The van der Waals surface area contributed by atoms with Crippen LogP contribution in [0, 0.1) is 13.8 Å². The summed E-state index contributed by atoms with van der Waals surface area (Å²) in [7, 11) is -3.72. The SMILES string of the molecule is CC(C)=CCNS(=O)(=O)c1cc(C(=O)O)cc(C)c1C. The Kier molecular flexibility index (Phi) is 5.08. The van der Waals surface area contributed by atoms with Crippen molar-refractivity contribution in [3.63, 3.8) is 0 Å². The lowest BCUT2D eigenvalue weighted by Crippen LogP contribution is -2.25. The summed E-state index contributed by atoms with van der Waals surface area (Å²) < 4.78 is 26.9. The van der Waals surface area contributed by atoms with Gasteiger partial charge < -0.3 is 5.11 Å². The molecule has 1 aromatic rings. The highest BCUT2D eigenvalue weighted by Crippen LogP contribution is 2.21.